The molecule has 1 saturated heterocycles. The highest BCUT2D eigenvalue weighted by Crippen LogP contribution is 2.35. The molecule has 4 aromatic rings. The molecular formula is C28H28ClF3N8O2. The third-order valence-corrected chi connectivity index (χ3v) is 6.93. The molecule has 2 aromatic heterocycles. The summed E-state index contributed by atoms with van der Waals surface area (Å²) in [7, 11) is 2.00. The Morgan fingerprint density at radius 3 is 2.45 bits per heavy atom. The van der Waals surface area contributed by atoms with Gasteiger partial charge in [0.05, 0.1) is 22.5 Å². The number of piperazine rings is 1. The molecule has 0 radical (unpaired) electrons. The van der Waals surface area contributed by atoms with Gasteiger partial charge in [-0.15, -0.1) is 0 Å². The van der Waals surface area contributed by atoms with Crippen LogP contribution in [0.1, 0.15) is 27.5 Å². The number of benzene rings is 2. The van der Waals surface area contributed by atoms with E-state index in [4.69, 9.17) is 16.0 Å². The van der Waals surface area contributed by atoms with Gasteiger partial charge in [0.2, 0.25) is 5.76 Å². The van der Waals surface area contributed by atoms with Crippen LogP contribution in [-0.4, -0.2) is 63.9 Å². The van der Waals surface area contributed by atoms with Crippen LogP contribution in [0.3, 0.4) is 0 Å². The molecule has 0 bridgehead atoms. The van der Waals surface area contributed by atoms with Crippen molar-refractivity contribution in [2.75, 3.05) is 49.2 Å². The Hall–Kier alpha value is -4.20. The lowest BCUT2D eigenvalue weighted by Gasteiger charge is -2.33. The highest BCUT2D eigenvalue weighted by molar-refractivity contribution is 6.33. The average molecular weight is 601 g/mol. The molecule has 1 fully saturated rings. The van der Waals surface area contributed by atoms with Gasteiger partial charge in [-0.1, -0.05) is 29.8 Å². The summed E-state index contributed by atoms with van der Waals surface area (Å²) >= 11 is 6.09. The lowest BCUT2D eigenvalue weighted by atomic mass is 10.0. The molecule has 1 aliphatic rings. The molecule has 3 N–H and O–H groups in total. The van der Waals surface area contributed by atoms with Gasteiger partial charge in [0.25, 0.3) is 5.91 Å². The maximum Gasteiger partial charge on any atom is 0.416 e. The first-order valence-electron chi connectivity index (χ1n) is 13.1. The number of hydrogen-bond acceptors (Lipinski definition) is 9. The fourth-order valence-corrected chi connectivity index (χ4v) is 4.62. The fraction of sp³-hybridized carbons (Fsp3) is 0.286. The number of aryl methyl sites for hydroxylation is 1. The summed E-state index contributed by atoms with van der Waals surface area (Å²) in [5, 5.41) is 8.80. The zero-order chi connectivity index (χ0) is 29.9. The van der Waals surface area contributed by atoms with Crippen LogP contribution in [0.25, 0.3) is 0 Å². The first-order valence-corrected chi connectivity index (χ1v) is 13.4. The van der Waals surface area contributed by atoms with Crippen LogP contribution < -0.4 is 16.0 Å². The van der Waals surface area contributed by atoms with Crippen molar-refractivity contribution in [3.63, 3.8) is 0 Å². The molecular weight excluding hydrogens is 573 g/mol. The van der Waals surface area contributed by atoms with Crippen molar-refractivity contribution in [3.8, 4) is 0 Å². The molecule has 0 spiro atoms. The van der Waals surface area contributed by atoms with Gasteiger partial charge in [0.15, 0.2) is 0 Å². The molecule has 0 unspecified atom stereocenters. The standard InChI is InChI=1S/C28H28ClF3N8O2/c1-17-34-24(36-19-8-7-18(20(13-19)28(30,31)32)16-40-11-9-39(2)10-12-40)14-25(35-17)38-27-33-15-23(42-27)26(41)37-22-6-4-3-5-21(22)29/h3-8,13-15H,9-12,16H2,1-2H3,(H,37,41)(H2,33,34,35,36,38). The SMILES string of the molecule is Cc1nc(Nc2ccc(CN3CCN(C)CC3)c(C(F)(F)F)c2)cc(Nc2ncc(C(=O)Nc3ccccc3Cl)o2)n1. The Balaban J connectivity index is 1.29. The van der Waals surface area contributed by atoms with Crippen LogP contribution >= 0.6 is 11.6 Å². The summed E-state index contributed by atoms with van der Waals surface area (Å²) < 4.78 is 47.5. The number of hydrogen-bond donors (Lipinski definition) is 3. The van der Waals surface area contributed by atoms with E-state index in [0.717, 1.165) is 19.2 Å². The highest BCUT2D eigenvalue weighted by atomic mass is 35.5. The Morgan fingerprint density at radius 2 is 1.74 bits per heavy atom. The number of halogens is 4. The zero-order valence-electron chi connectivity index (χ0n) is 22.8. The molecule has 220 valence electrons. The predicted octanol–water partition coefficient (Wildman–Crippen LogP) is 5.93. The van der Waals surface area contributed by atoms with E-state index in [-0.39, 0.29) is 41.2 Å². The van der Waals surface area contributed by atoms with Gasteiger partial charge in [0, 0.05) is 44.5 Å². The van der Waals surface area contributed by atoms with Gasteiger partial charge in [-0.2, -0.15) is 13.2 Å². The van der Waals surface area contributed by atoms with E-state index in [2.05, 4.69) is 35.8 Å². The Bertz CT molecular complexity index is 1570. The van der Waals surface area contributed by atoms with Crippen molar-refractivity contribution < 1.29 is 22.4 Å². The summed E-state index contributed by atoms with van der Waals surface area (Å²) in [6.07, 6.45) is -3.28. The summed E-state index contributed by atoms with van der Waals surface area (Å²) in [5.74, 6) is 0.230. The van der Waals surface area contributed by atoms with E-state index in [1.54, 1.807) is 37.3 Å². The Labute approximate surface area is 244 Å². The normalized spacial score (nSPS) is 14.5. The molecule has 0 aliphatic carbocycles. The van der Waals surface area contributed by atoms with E-state index in [1.807, 2.05) is 11.9 Å². The first-order chi connectivity index (χ1) is 20.0. The molecule has 14 heteroatoms. The Kier molecular flexibility index (Phi) is 8.61. The number of nitrogens with zero attached hydrogens (tertiary/aromatic N) is 5. The van der Waals surface area contributed by atoms with Crippen LogP contribution in [0.5, 0.6) is 0 Å². The predicted molar refractivity (Wildman–Crippen MR) is 153 cm³/mol. The molecule has 10 nitrogen and oxygen atoms in total. The van der Waals surface area contributed by atoms with Gasteiger partial charge in [-0.3, -0.25) is 15.0 Å². The summed E-state index contributed by atoms with van der Waals surface area (Å²) in [4.78, 5) is 29.3. The van der Waals surface area contributed by atoms with E-state index in [9.17, 15) is 18.0 Å². The quantitative estimate of drug-likeness (QED) is 0.226. The maximum atomic E-state index is 14.0. The molecule has 42 heavy (non-hydrogen) atoms. The molecule has 1 aliphatic heterocycles. The molecule has 0 atom stereocenters. The van der Waals surface area contributed by atoms with E-state index in [0.29, 0.717) is 29.6 Å². The smallest absolute Gasteiger partial charge is 0.416 e. The zero-order valence-corrected chi connectivity index (χ0v) is 23.6. The molecule has 1 amide bonds. The van der Waals surface area contributed by atoms with Crippen molar-refractivity contribution in [3.05, 3.63) is 82.5 Å². The maximum absolute atomic E-state index is 14.0. The lowest BCUT2D eigenvalue weighted by Crippen LogP contribution is -2.44. The summed E-state index contributed by atoms with van der Waals surface area (Å²) in [6.45, 7) is 4.90. The van der Waals surface area contributed by atoms with Crippen molar-refractivity contribution in [2.24, 2.45) is 0 Å². The Morgan fingerprint density at radius 1 is 1.02 bits per heavy atom. The van der Waals surface area contributed by atoms with Gasteiger partial charge in [-0.05, 0) is 43.8 Å². The number of oxazole rings is 1. The minimum absolute atomic E-state index is 0.0176. The average Bonchev–Trinajstić information content (AvgIpc) is 3.40. The number of nitrogens with one attached hydrogen (secondary N) is 3. The fourth-order valence-electron chi connectivity index (χ4n) is 4.44. The van der Waals surface area contributed by atoms with Crippen molar-refractivity contribution >= 4 is 46.5 Å². The number of para-hydroxylation sites is 1. The van der Waals surface area contributed by atoms with Crippen LogP contribution in [0, 0.1) is 6.92 Å². The number of alkyl halides is 3. The number of rotatable bonds is 8. The second kappa shape index (κ2) is 12.3. The van der Waals surface area contributed by atoms with E-state index < -0.39 is 17.6 Å². The topological polar surface area (TPSA) is 111 Å². The van der Waals surface area contributed by atoms with E-state index in [1.165, 1.54) is 18.3 Å². The van der Waals surface area contributed by atoms with Crippen molar-refractivity contribution in [1.82, 2.24) is 24.8 Å². The molecule has 5 rings (SSSR count). The number of anilines is 5. The second-order valence-corrected chi connectivity index (χ2v) is 10.3. The summed E-state index contributed by atoms with van der Waals surface area (Å²) in [6, 6.07) is 12.4. The molecule has 2 aromatic carbocycles. The van der Waals surface area contributed by atoms with Crippen LogP contribution in [-0.2, 0) is 12.7 Å². The van der Waals surface area contributed by atoms with Gasteiger partial charge >= 0.3 is 12.2 Å². The molecule has 0 saturated carbocycles. The van der Waals surface area contributed by atoms with E-state index >= 15 is 0 Å². The largest absolute Gasteiger partial charge is 0.418 e. The lowest BCUT2D eigenvalue weighted by molar-refractivity contribution is -0.138. The van der Waals surface area contributed by atoms with Gasteiger partial charge < -0.3 is 20.0 Å². The second-order valence-electron chi connectivity index (χ2n) is 9.85. The molecule has 3 heterocycles. The van der Waals surface area contributed by atoms with Crippen LogP contribution in [0.4, 0.5) is 42.2 Å². The monoisotopic (exact) mass is 600 g/mol. The number of amides is 1. The third-order valence-electron chi connectivity index (χ3n) is 6.60. The first kappa shape index (κ1) is 29.3. The van der Waals surface area contributed by atoms with Crippen LogP contribution in [0.15, 0.2) is 59.1 Å². The van der Waals surface area contributed by atoms with Crippen molar-refractivity contribution in [2.45, 2.75) is 19.6 Å². The number of carbonyl (C=O) groups excluding carboxylic acids is 1. The van der Waals surface area contributed by atoms with Crippen LogP contribution in [0.2, 0.25) is 5.02 Å². The minimum atomic E-state index is -4.52. The highest BCUT2D eigenvalue weighted by Gasteiger charge is 2.34. The summed E-state index contributed by atoms with van der Waals surface area (Å²) in [5.41, 5.74) is 0.163. The minimum Gasteiger partial charge on any atom is -0.418 e. The van der Waals surface area contributed by atoms with Gasteiger partial charge in [-0.25, -0.2) is 15.0 Å². The number of carbonyl (C=O) groups is 1. The number of likely N-dealkylation sites (N-methyl/N-ethyl adjacent to an activating group) is 1. The van der Waals surface area contributed by atoms with Gasteiger partial charge in [0.1, 0.15) is 17.5 Å². The number of aromatic nitrogens is 3. The third kappa shape index (κ3) is 7.35. The van der Waals surface area contributed by atoms with Crippen molar-refractivity contribution in [1.29, 1.82) is 0 Å².